The van der Waals surface area contributed by atoms with Gasteiger partial charge in [-0.1, -0.05) is 19.3 Å². The molecule has 8 nitrogen and oxygen atoms in total. The summed E-state index contributed by atoms with van der Waals surface area (Å²) in [6, 6.07) is 12.0. The Kier molecular flexibility index (Phi) is 6.74. The Bertz CT molecular complexity index is 1080. The normalized spacial score (nSPS) is 17.1. The van der Waals surface area contributed by atoms with E-state index in [9.17, 15) is 4.79 Å². The first-order valence-electron chi connectivity index (χ1n) is 12.2. The topological polar surface area (TPSA) is 76.4 Å². The van der Waals surface area contributed by atoms with Gasteiger partial charge in [0, 0.05) is 55.7 Å². The van der Waals surface area contributed by atoms with E-state index < -0.39 is 0 Å². The fraction of sp³-hybridized carbons (Fsp3) is 0.462. The molecule has 1 aliphatic heterocycles. The highest BCUT2D eigenvalue weighted by Gasteiger charge is 2.26. The molecule has 2 aromatic heterocycles. The van der Waals surface area contributed by atoms with E-state index in [1.54, 1.807) is 19.5 Å². The van der Waals surface area contributed by atoms with Gasteiger partial charge in [-0.2, -0.15) is 5.10 Å². The summed E-state index contributed by atoms with van der Waals surface area (Å²) in [5.74, 6) is 2.14. The SMILES string of the molecule is COc1ccc(-c2cc(C3CCCCC3)n(CC(=O)N3CCN(c4ncccn4)CC3)n2)cc1. The molecular weight excluding hydrogens is 428 g/mol. The smallest absolute Gasteiger partial charge is 0.244 e. The summed E-state index contributed by atoms with van der Waals surface area (Å²) in [6.45, 7) is 3.09. The molecule has 1 saturated carbocycles. The van der Waals surface area contributed by atoms with Crippen molar-refractivity contribution >= 4 is 11.9 Å². The van der Waals surface area contributed by atoms with Crippen LogP contribution in [0.1, 0.15) is 43.7 Å². The van der Waals surface area contributed by atoms with Crippen LogP contribution in [-0.4, -0.2) is 63.8 Å². The molecule has 3 heterocycles. The third-order valence-electron chi connectivity index (χ3n) is 6.97. The van der Waals surface area contributed by atoms with Gasteiger partial charge in [0.05, 0.1) is 12.8 Å². The van der Waals surface area contributed by atoms with E-state index in [0.717, 1.165) is 48.9 Å². The average Bonchev–Trinajstić information content (AvgIpc) is 3.33. The first kappa shape index (κ1) is 22.4. The minimum Gasteiger partial charge on any atom is -0.497 e. The molecule has 1 aliphatic carbocycles. The molecule has 0 N–H and O–H groups in total. The van der Waals surface area contributed by atoms with Crippen molar-refractivity contribution in [2.24, 2.45) is 0 Å². The zero-order valence-electron chi connectivity index (χ0n) is 19.8. The highest BCUT2D eigenvalue weighted by atomic mass is 16.5. The summed E-state index contributed by atoms with van der Waals surface area (Å²) in [4.78, 5) is 26.0. The van der Waals surface area contributed by atoms with Gasteiger partial charge in [0.1, 0.15) is 12.3 Å². The van der Waals surface area contributed by atoms with Crippen LogP contribution in [0.2, 0.25) is 0 Å². The van der Waals surface area contributed by atoms with Crippen molar-refractivity contribution in [3.63, 3.8) is 0 Å². The first-order valence-corrected chi connectivity index (χ1v) is 12.2. The Hall–Kier alpha value is -3.42. The van der Waals surface area contributed by atoms with E-state index in [0.29, 0.717) is 19.0 Å². The Morgan fingerprint density at radius 3 is 2.38 bits per heavy atom. The number of carbonyl (C=O) groups is 1. The Morgan fingerprint density at radius 1 is 1.00 bits per heavy atom. The molecular formula is C26H32N6O2. The van der Waals surface area contributed by atoms with Crippen LogP contribution in [0.15, 0.2) is 48.8 Å². The van der Waals surface area contributed by atoms with Crippen LogP contribution in [0, 0.1) is 0 Å². The van der Waals surface area contributed by atoms with Gasteiger partial charge in [-0.15, -0.1) is 0 Å². The lowest BCUT2D eigenvalue weighted by Crippen LogP contribution is -2.50. The molecule has 5 rings (SSSR count). The number of aromatic nitrogens is 4. The number of ether oxygens (including phenoxy) is 1. The van der Waals surface area contributed by atoms with Crippen molar-refractivity contribution in [1.29, 1.82) is 0 Å². The van der Waals surface area contributed by atoms with Gasteiger partial charge in [-0.3, -0.25) is 9.48 Å². The van der Waals surface area contributed by atoms with Crippen LogP contribution in [0.4, 0.5) is 5.95 Å². The minimum atomic E-state index is 0.120. The second-order valence-electron chi connectivity index (χ2n) is 9.09. The number of nitrogens with zero attached hydrogens (tertiary/aromatic N) is 6. The van der Waals surface area contributed by atoms with Gasteiger partial charge in [-0.25, -0.2) is 9.97 Å². The predicted molar refractivity (Wildman–Crippen MR) is 131 cm³/mol. The molecule has 0 spiro atoms. The maximum atomic E-state index is 13.3. The van der Waals surface area contributed by atoms with Gasteiger partial charge in [0.25, 0.3) is 0 Å². The summed E-state index contributed by atoms with van der Waals surface area (Å²) < 4.78 is 7.26. The number of amides is 1. The molecule has 0 radical (unpaired) electrons. The first-order chi connectivity index (χ1) is 16.7. The number of hydrogen-bond acceptors (Lipinski definition) is 6. The van der Waals surface area contributed by atoms with Gasteiger partial charge in [0.15, 0.2) is 0 Å². The Balaban J connectivity index is 1.31. The number of carbonyl (C=O) groups excluding carboxylic acids is 1. The van der Waals surface area contributed by atoms with Crippen molar-refractivity contribution in [2.75, 3.05) is 38.2 Å². The van der Waals surface area contributed by atoms with Crippen LogP contribution in [0.5, 0.6) is 5.75 Å². The molecule has 1 aromatic carbocycles. The Morgan fingerprint density at radius 2 is 1.71 bits per heavy atom. The number of benzene rings is 1. The van der Waals surface area contributed by atoms with Gasteiger partial charge >= 0.3 is 0 Å². The number of anilines is 1. The van der Waals surface area contributed by atoms with E-state index in [1.807, 2.05) is 39.9 Å². The number of methoxy groups -OCH3 is 1. The molecule has 0 unspecified atom stereocenters. The molecule has 2 aliphatic rings. The highest BCUT2D eigenvalue weighted by Crippen LogP contribution is 2.35. The van der Waals surface area contributed by atoms with Crippen molar-refractivity contribution in [3.8, 4) is 17.0 Å². The fourth-order valence-electron chi connectivity index (χ4n) is 5.03. The summed E-state index contributed by atoms with van der Waals surface area (Å²) in [5.41, 5.74) is 3.15. The zero-order valence-corrected chi connectivity index (χ0v) is 19.8. The van der Waals surface area contributed by atoms with Crippen LogP contribution < -0.4 is 9.64 Å². The lowest BCUT2D eigenvalue weighted by atomic mass is 9.86. The molecule has 1 saturated heterocycles. The van der Waals surface area contributed by atoms with E-state index in [1.165, 1.54) is 25.0 Å². The number of rotatable bonds is 6. The van der Waals surface area contributed by atoms with Gasteiger partial charge in [-0.05, 0) is 49.2 Å². The number of hydrogen-bond donors (Lipinski definition) is 0. The lowest BCUT2D eigenvalue weighted by Gasteiger charge is -2.34. The van der Waals surface area contributed by atoms with Crippen molar-refractivity contribution in [3.05, 3.63) is 54.5 Å². The monoisotopic (exact) mass is 460 g/mol. The molecule has 34 heavy (non-hydrogen) atoms. The minimum absolute atomic E-state index is 0.120. The van der Waals surface area contributed by atoms with Crippen LogP contribution >= 0.6 is 0 Å². The summed E-state index contributed by atoms with van der Waals surface area (Å²) in [6.07, 6.45) is 9.62. The average molecular weight is 461 g/mol. The van der Waals surface area contributed by atoms with E-state index in [2.05, 4.69) is 20.9 Å². The standard InChI is InChI=1S/C26H32N6O2/c1-34-22-10-8-20(9-11-22)23-18-24(21-6-3-2-4-7-21)32(29-23)19-25(33)30-14-16-31(17-15-30)26-27-12-5-13-28-26/h5,8-13,18,21H,2-4,6-7,14-17,19H2,1H3. The lowest BCUT2D eigenvalue weighted by molar-refractivity contribution is -0.132. The second-order valence-corrected chi connectivity index (χ2v) is 9.09. The maximum absolute atomic E-state index is 13.3. The van der Waals surface area contributed by atoms with Crippen molar-refractivity contribution in [2.45, 2.75) is 44.6 Å². The third kappa shape index (κ3) is 4.90. The summed E-state index contributed by atoms with van der Waals surface area (Å²) >= 11 is 0. The Labute approximate surface area is 200 Å². The molecule has 2 fully saturated rings. The van der Waals surface area contributed by atoms with E-state index in [-0.39, 0.29) is 12.5 Å². The van der Waals surface area contributed by atoms with Crippen molar-refractivity contribution in [1.82, 2.24) is 24.6 Å². The molecule has 0 bridgehead atoms. The van der Waals surface area contributed by atoms with E-state index >= 15 is 0 Å². The summed E-state index contributed by atoms with van der Waals surface area (Å²) in [7, 11) is 1.67. The predicted octanol–water partition coefficient (Wildman–Crippen LogP) is 3.75. The fourth-order valence-corrected chi connectivity index (χ4v) is 5.03. The highest BCUT2D eigenvalue weighted by molar-refractivity contribution is 5.76. The molecule has 1 amide bonds. The second kappa shape index (κ2) is 10.2. The molecule has 3 aromatic rings. The molecule has 0 atom stereocenters. The third-order valence-corrected chi connectivity index (χ3v) is 6.97. The summed E-state index contributed by atoms with van der Waals surface area (Å²) in [5, 5.41) is 4.91. The molecule has 8 heteroatoms. The largest absolute Gasteiger partial charge is 0.497 e. The van der Waals surface area contributed by atoms with Gasteiger partial charge < -0.3 is 14.5 Å². The van der Waals surface area contributed by atoms with Crippen molar-refractivity contribution < 1.29 is 9.53 Å². The van der Waals surface area contributed by atoms with E-state index in [4.69, 9.17) is 9.84 Å². The molecule has 178 valence electrons. The zero-order chi connectivity index (χ0) is 23.3. The quantitative estimate of drug-likeness (QED) is 0.558. The van der Waals surface area contributed by atoms with Crippen LogP contribution in [-0.2, 0) is 11.3 Å². The van der Waals surface area contributed by atoms with Gasteiger partial charge in [0.2, 0.25) is 11.9 Å². The number of piperazine rings is 1. The maximum Gasteiger partial charge on any atom is 0.244 e. The van der Waals surface area contributed by atoms with Crippen LogP contribution in [0.3, 0.4) is 0 Å². The van der Waals surface area contributed by atoms with Crippen LogP contribution in [0.25, 0.3) is 11.3 Å².